The Morgan fingerprint density at radius 2 is 2.05 bits per heavy atom. The molecule has 1 aromatic rings. The SMILES string of the molecule is CCNC1CC(CC)(CC)Oc2cc(OC)ccc21. The fourth-order valence-electron chi connectivity index (χ4n) is 2.89. The second-order valence-corrected chi connectivity index (χ2v) is 5.21. The van der Waals surface area contributed by atoms with Crippen LogP contribution in [0.5, 0.6) is 11.5 Å². The monoisotopic (exact) mass is 263 g/mol. The first-order chi connectivity index (χ1) is 9.18. The van der Waals surface area contributed by atoms with Gasteiger partial charge in [0.15, 0.2) is 0 Å². The van der Waals surface area contributed by atoms with Gasteiger partial charge in [-0.1, -0.05) is 26.8 Å². The van der Waals surface area contributed by atoms with Crippen LogP contribution in [0.25, 0.3) is 0 Å². The number of hydrogen-bond acceptors (Lipinski definition) is 3. The van der Waals surface area contributed by atoms with Crippen LogP contribution in [-0.2, 0) is 0 Å². The molecule has 106 valence electrons. The van der Waals surface area contributed by atoms with E-state index in [4.69, 9.17) is 9.47 Å². The van der Waals surface area contributed by atoms with Crippen LogP contribution in [0.15, 0.2) is 18.2 Å². The topological polar surface area (TPSA) is 30.5 Å². The Morgan fingerprint density at radius 1 is 1.32 bits per heavy atom. The van der Waals surface area contributed by atoms with Crippen molar-refractivity contribution >= 4 is 0 Å². The largest absolute Gasteiger partial charge is 0.497 e. The molecule has 1 aliphatic rings. The second kappa shape index (κ2) is 5.83. The van der Waals surface area contributed by atoms with Gasteiger partial charge in [0.25, 0.3) is 0 Å². The maximum Gasteiger partial charge on any atom is 0.128 e. The Hall–Kier alpha value is -1.22. The number of rotatable bonds is 5. The molecule has 0 aromatic heterocycles. The lowest BCUT2D eigenvalue weighted by atomic mass is 9.83. The molecule has 3 heteroatoms. The molecule has 19 heavy (non-hydrogen) atoms. The molecule has 0 spiro atoms. The van der Waals surface area contributed by atoms with Crippen LogP contribution < -0.4 is 14.8 Å². The van der Waals surface area contributed by atoms with E-state index in [0.29, 0.717) is 6.04 Å². The van der Waals surface area contributed by atoms with Crippen LogP contribution in [0.3, 0.4) is 0 Å². The van der Waals surface area contributed by atoms with Crippen LogP contribution in [0.1, 0.15) is 51.6 Å². The van der Waals surface area contributed by atoms with Crippen LogP contribution in [-0.4, -0.2) is 19.3 Å². The first-order valence-corrected chi connectivity index (χ1v) is 7.28. The van der Waals surface area contributed by atoms with Gasteiger partial charge in [0.1, 0.15) is 17.1 Å². The Kier molecular flexibility index (Phi) is 4.35. The Bertz CT molecular complexity index is 427. The fourth-order valence-corrected chi connectivity index (χ4v) is 2.89. The number of benzene rings is 1. The minimum Gasteiger partial charge on any atom is -0.497 e. The first-order valence-electron chi connectivity index (χ1n) is 7.28. The molecule has 0 amide bonds. The van der Waals surface area contributed by atoms with Crippen molar-refractivity contribution in [1.82, 2.24) is 5.32 Å². The average Bonchev–Trinajstić information content (AvgIpc) is 2.46. The number of ether oxygens (including phenoxy) is 2. The van der Waals surface area contributed by atoms with Crippen molar-refractivity contribution in [3.05, 3.63) is 23.8 Å². The van der Waals surface area contributed by atoms with Crippen molar-refractivity contribution < 1.29 is 9.47 Å². The molecule has 1 unspecified atom stereocenters. The lowest BCUT2D eigenvalue weighted by Gasteiger charge is -2.42. The van der Waals surface area contributed by atoms with Crippen molar-refractivity contribution in [1.29, 1.82) is 0 Å². The zero-order valence-electron chi connectivity index (χ0n) is 12.5. The van der Waals surface area contributed by atoms with E-state index in [1.165, 1.54) is 5.56 Å². The Balaban J connectivity index is 2.39. The molecule has 2 rings (SSSR count). The van der Waals surface area contributed by atoms with Crippen LogP contribution >= 0.6 is 0 Å². The standard InChI is InChI=1S/C16H25NO2/c1-5-16(6-2)11-14(17-7-3)13-9-8-12(18-4)10-15(13)19-16/h8-10,14,17H,5-7,11H2,1-4H3. The van der Waals surface area contributed by atoms with E-state index in [1.807, 2.05) is 12.1 Å². The van der Waals surface area contributed by atoms with E-state index in [-0.39, 0.29) is 5.60 Å². The van der Waals surface area contributed by atoms with Gasteiger partial charge in [-0.3, -0.25) is 0 Å². The first kappa shape index (κ1) is 14.2. The third-order valence-electron chi connectivity index (χ3n) is 4.24. The third kappa shape index (κ3) is 2.71. The summed E-state index contributed by atoms with van der Waals surface area (Å²) in [6.07, 6.45) is 3.09. The molecule has 0 saturated carbocycles. The van der Waals surface area contributed by atoms with Gasteiger partial charge in [-0.05, 0) is 25.5 Å². The maximum atomic E-state index is 6.32. The lowest BCUT2D eigenvalue weighted by Crippen LogP contribution is -2.43. The van der Waals surface area contributed by atoms with Gasteiger partial charge in [0.05, 0.1) is 7.11 Å². The fraction of sp³-hybridized carbons (Fsp3) is 0.625. The summed E-state index contributed by atoms with van der Waals surface area (Å²) in [5.74, 6) is 1.83. The van der Waals surface area contributed by atoms with Gasteiger partial charge in [0, 0.05) is 24.1 Å². The molecule has 1 aliphatic heterocycles. The highest BCUT2D eigenvalue weighted by Crippen LogP contribution is 2.43. The Morgan fingerprint density at radius 3 is 2.63 bits per heavy atom. The molecule has 0 bridgehead atoms. The van der Waals surface area contributed by atoms with Crippen molar-refractivity contribution in [3.63, 3.8) is 0 Å². The highest BCUT2D eigenvalue weighted by molar-refractivity contribution is 5.44. The zero-order chi connectivity index (χ0) is 13.9. The molecule has 0 aliphatic carbocycles. The molecular formula is C16H25NO2. The Labute approximate surface area is 116 Å². The van der Waals surface area contributed by atoms with Crippen molar-refractivity contribution in [2.75, 3.05) is 13.7 Å². The molecule has 1 atom stereocenters. The van der Waals surface area contributed by atoms with E-state index in [9.17, 15) is 0 Å². The van der Waals surface area contributed by atoms with Crippen LogP contribution in [0.2, 0.25) is 0 Å². The third-order valence-corrected chi connectivity index (χ3v) is 4.24. The van der Waals surface area contributed by atoms with Crippen molar-refractivity contribution in [2.45, 2.75) is 51.7 Å². The molecule has 1 N–H and O–H groups in total. The summed E-state index contributed by atoms with van der Waals surface area (Å²) in [6, 6.07) is 6.52. The lowest BCUT2D eigenvalue weighted by molar-refractivity contribution is 0.0228. The summed E-state index contributed by atoms with van der Waals surface area (Å²) in [7, 11) is 1.69. The van der Waals surface area contributed by atoms with Gasteiger partial charge in [-0.15, -0.1) is 0 Å². The summed E-state index contributed by atoms with van der Waals surface area (Å²) >= 11 is 0. The number of nitrogens with one attached hydrogen (secondary N) is 1. The predicted molar refractivity (Wildman–Crippen MR) is 78.0 cm³/mol. The van der Waals surface area contributed by atoms with E-state index < -0.39 is 0 Å². The summed E-state index contributed by atoms with van der Waals surface area (Å²) in [5.41, 5.74) is 1.20. The van der Waals surface area contributed by atoms with Gasteiger partial charge in [0.2, 0.25) is 0 Å². The zero-order valence-corrected chi connectivity index (χ0v) is 12.5. The minimum atomic E-state index is -0.0494. The summed E-state index contributed by atoms with van der Waals surface area (Å²) < 4.78 is 11.6. The molecule has 1 aromatic carbocycles. The molecular weight excluding hydrogens is 238 g/mol. The minimum absolute atomic E-state index is 0.0494. The average molecular weight is 263 g/mol. The van der Waals surface area contributed by atoms with E-state index >= 15 is 0 Å². The van der Waals surface area contributed by atoms with E-state index in [0.717, 1.165) is 37.3 Å². The predicted octanol–water partition coefficient (Wildman–Crippen LogP) is 3.69. The molecule has 0 radical (unpaired) electrons. The molecule has 0 fully saturated rings. The maximum absolute atomic E-state index is 6.32. The van der Waals surface area contributed by atoms with Gasteiger partial charge in [-0.25, -0.2) is 0 Å². The highest BCUT2D eigenvalue weighted by Gasteiger charge is 2.38. The number of fused-ring (bicyclic) bond motifs is 1. The smallest absolute Gasteiger partial charge is 0.128 e. The van der Waals surface area contributed by atoms with Gasteiger partial charge >= 0.3 is 0 Å². The van der Waals surface area contributed by atoms with Gasteiger partial charge in [-0.2, -0.15) is 0 Å². The normalized spacial score (nSPS) is 20.5. The van der Waals surface area contributed by atoms with Crippen molar-refractivity contribution in [2.24, 2.45) is 0 Å². The van der Waals surface area contributed by atoms with Gasteiger partial charge < -0.3 is 14.8 Å². The quantitative estimate of drug-likeness (QED) is 0.879. The summed E-state index contributed by atoms with van der Waals surface area (Å²) in [4.78, 5) is 0. The van der Waals surface area contributed by atoms with Crippen molar-refractivity contribution in [3.8, 4) is 11.5 Å². The van der Waals surface area contributed by atoms with E-state index in [2.05, 4.69) is 32.2 Å². The number of hydrogen-bond donors (Lipinski definition) is 1. The number of methoxy groups -OCH3 is 1. The summed E-state index contributed by atoms with van der Waals surface area (Å²) in [5, 5.41) is 3.58. The second-order valence-electron chi connectivity index (χ2n) is 5.21. The molecule has 1 heterocycles. The molecule has 3 nitrogen and oxygen atoms in total. The van der Waals surface area contributed by atoms with Crippen LogP contribution in [0.4, 0.5) is 0 Å². The van der Waals surface area contributed by atoms with Crippen LogP contribution in [0, 0.1) is 0 Å². The summed E-state index contributed by atoms with van der Waals surface area (Å²) in [6.45, 7) is 7.53. The molecule has 0 saturated heterocycles. The van der Waals surface area contributed by atoms with E-state index in [1.54, 1.807) is 7.11 Å². The highest BCUT2D eigenvalue weighted by atomic mass is 16.5.